The predicted molar refractivity (Wildman–Crippen MR) is 132 cm³/mol. The lowest BCUT2D eigenvalue weighted by Gasteiger charge is -2.34. The minimum absolute atomic E-state index is 0.339. The molecule has 1 fully saturated rings. The first-order valence-electron chi connectivity index (χ1n) is 11.1. The lowest BCUT2D eigenvalue weighted by molar-refractivity contribution is 0.144. The molecular formula is C24H25ClFN7O. The molecule has 0 bridgehead atoms. The van der Waals surface area contributed by atoms with E-state index in [4.69, 9.17) is 32.0 Å². The normalized spacial score (nSPS) is 14.7. The molecule has 3 heterocycles. The molecule has 0 saturated carbocycles. The van der Waals surface area contributed by atoms with Crippen LogP contribution in [-0.4, -0.2) is 71.1 Å². The van der Waals surface area contributed by atoms with Crippen molar-refractivity contribution in [3.63, 3.8) is 0 Å². The molecular weight excluding hydrogens is 457 g/mol. The van der Waals surface area contributed by atoms with Crippen molar-refractivity contribution in [2.75, 3.05) is 57.1 Å². The van der Waals surface area contributed by atoms with E-state index in [0.717, 1.165) is 38.4 Å². The Bertz CT molecular complexity index is 1300. The van der Waals surface area contributed by atoms with Crippen molar-refractivity contribution in [1.29, 1.82) is 0 Å². The fourth-order valence-electron chi connectivity index (χ4n) is 4.16. The number of nitrogens with zero attached hydrogens (tertiary/aromatic N) is 6. The molecule has 0 atom stereocenters. The zero-order chi connectivity index (χ0) is 23.7. The van der Waals surface area contributed by atoms with Crippen LogP contribution in [0.25, 0.3) is 28.0 Å². The number of benzene rings is 2. The number of aromatic nitrogens is 4. The molecule has 1 saturated heterocycles. The Kier molecular flexibility index (Phi) is 6.32. The Labute approximate surface area is 201 Å². The summed E-state index contributed by atoms with van der Waals surface area (Å²) in [5.74, 6) is 0.473. The third-order valence-corrected chi connectivity index (χ3v) is 6.28. The Morgan fingerprint density at radius 2 is 1.76 bits per heavy atom. The molecule has 1 aliphatic heterocycles. The molecule has 0 unspecified atom stereocenters. The summed E-state index contributed by atoms with van der Waals surface area (Å²) in [7, 11) is 1.71. The fraction of sp³-hybridized carbons (Fsp3) is 0.292. The number of methoxy groups -OCH3 is 1. The number of piperazine rings is 1. The molecule has 10 heteroatoms. The zero-order valence-electron chi connectivity index (χ0n) is 18.8. The molecule has 176 valence electrons. The highest BCUT2D eigenvalue weighted by atomic mass is 35.5. The van der Waals surface area contributed by atoms with Gasteiger partial charge < -0.3 is 15.4 Å². The number of fused-ring (bicyclic) bond motifs is 1. The fourth-order valence-corrected chi connectivity index (χ4v) is 4.29. The van der Waals surface area contributed by atoms with Crippen LogP contribution in [0.2, 0.25) is 5.02 Å². The van der Waals surface area contributed by atoms with Crippen molar-refractivity contribution in [2.24, 2.45) is 0 Å². The Morgan fingerprint density at radius 3 is 2.47 bits per heavy atom. The highest BCUT2D eigenvalue weighted by molar-refractivity contribution is 6.30. The van der Waals surface area contributed by atoms with Crippen molar-refractivity contribution in [2.45, 2.75) is 0 Å². The van der Waals surface area contributed by atoms with E-state index < -0.39 is 0 Å². The number of nitrogens with two attached hydrogens (primary N) is 1. The summed E-state index contributed by atoms with van der Waals surface area (Å²) in [5.41, 5.74) is 8.45. The number of rotatable bonds is 6. The van der Waals surface area contributed by atoms with Gasteiger partial charge in [0.05, 0.1) is 23.4 Å². The van der Waals surface area contributed by atoms with Crippen molar-refractivity contribution in [3.8, 4) is 16.9 Å². The third kappa shape index (κ3) is 4.29. The summed E-state index contributed by atoms with van der Waals surface area (Å²) < 4.78 is 21.7. The molecule has 0 aliphatic carbocycles. The number of nitrogen functional groups attached to an aromatic ring is 1. The van der Waals surface area contributed by atoms with Crippen molar-refractivity contribution in [3.05, 3.63) is 59.4 Å². The van der Waals surface area contributed by atoms with Crippen LogP contribution in [0.1, 0.15) is 0 Å². The maximum absolute atomic E-state index is 14.9. The van der Waals surface area contributed by atoms with Crippen LogP contribution in [0.3, 0.4) is 0 Å². The first-order valence-corrected chi connectivity index (χ1v) is 11.5. The third-order valence-electron chi connectivity index (χ3n) is 6.02. The molecule has 0 radical (unpaired) electrons. The van der Waals surface area contributed by atoms with Gasteiger partial charge in [-0.05, 0) is 36.4 Å². The number of hydrogen-bond donors (Lipinski definition) is 1. The van der Waals surface area contributed by atoms with Crippen LogP contribution in [-0.2, 0) is 4.74 Å². The maximum atomic E-state index is 14.9. The molecule has 4 aromatic rings. The van der Waals surface area contributed by atoms with E-state index in [1.165, 1.54) is 6.07 Å². The lowest BCUT2D eigenvalue weighted by Crippen LogP contribution is -2.47. The van der Waals surface area contributed by atoms with Gasteiger partial charge in [-0.25, -0.2) is 14.1 Å². The van der Waals surface area contributed by atoms with Gasteiger partial charge in [0.15, 0.2) is 5.65 Å². The van der Waals surface area contributed by atoms with Gasteiger partial charge in [0, 0.05) is 50.4 Å². The monoisotopic (exact) mass is 481 g/mol. The van der Waals surface area contributed by atoms with Gasteiger partial charge in [-0.3, -0.25) is 4.90 Å². The van der Waals surface area contributed by atoms with Gasteiger partial charge in [-0.15, -0.1) is 5.10 Å². The number of ether oxygens (including phenoxy) is 1. The minimum atomic E-state index is -0.378. The van der Waals surface area contributed by atoms with Crippen molar-refractivity contribution in [1.82, 2.24) is 24.6 Å². The largest absolute Gasteiger partial charge is 0.383 e. The highest BCUT2D eigenvalue weighted by Crippen LogP contribution is 2.34. The minimum Gasteiger partial charge on any atom is -0.383 e. The highest BCUT2D eigenvalue weighted by Gasteiger charge is 2.25. The molecule has 5 rings (SSSR count). The maximum Gasteiger partial charge on any atom is 0.228 e. The van der Waals surface area contributed by atoms with Gasteiger partial charge in [0.1, 0.15) is 11.6 Å². The van der Waals surface area contributed by atoms with E-state index in [0.29, 0.717) is 45.7 Å². The Balaban J connectivity index is 1.60. The van der Waals surface area contributed by atoms with Crippen LogP contribution in [0, 0.1) is 5.82 Å². The van der Waals surface area contributed by atoms with Gasteiger partial charge in [-0.1, -0.05) is 23.7 Å². The van der Waals surface area contributed by atoms with E-state index in [-0.39, 0.29) is 5.82 Å². The second-order valence-electron chi connectivity index (χ2n) is 8.15. The first-order chi connectivity index (χ1) is 16.5. The summed E-state index contributed by atoms with van der Waals surface area (Å²) in [6.07, 6.45) is 0. The summed E-state index contributed by atoms with van der Waals surface area (Å²) in [4.78, 5) is 14.0. The average Bonchev–Trinajstić information content (AvgIpc) is 3.19. The van der Waals surface area contributed by atoms with E-state index in [1.807, 2.05) is 12.1 Å². The average molecular weight is 482 g/mol. The summed E-state index contributed by atoms with van der Waals surface area (Å²) in [6, 6.07) is 13.7. The van der Waals surface area contributed by atoms with E-state index >= 15 is 0 Å². The smallest absolute Gasteiger partial charge is 0.228 e. The number of hydrogen-bond acceptors (Lipinski definition) is 7. The number of halogens is 2. The molecule has 8 nitrogen and oxygen atoms in total. The molecule has 0 amide bonds. The Hall–Kier alpha value is -3.27. The summed E-state index contributed by atoms with van der Waals surface area (Å²) in [6.45, 7) is 4.80. The molecule has 1 aliphatic rings. The van der Waals surface area contributed by atoms with Crippen LogP contribution < -0.4 is 10.6 Å². The van der Waals surface area contributed by atoms with E-state index in [1.54, 1.807) is 42.1 Å². The van der Waals surface area contributed by atoms with Crippen molar-refractivity contribution >= 4 is 34.4 Å². The van der Waals surface area contributed by atoms with Crippen LogP contribution >= 0.6 is 11.6 Å². The molecule has 34 heavy (non-hydrogen) atoms. The molecule has 2 aromatic heterocycles. The van der Waals surface area contributed by atoms with Crippen LogP contribution in [0.5, 0.6) is 0 Å². The predicted octanol–water partition coefficient (Wildman–Crippen LogP) is 3.63. The van der Waals surface area contributed by atoms with Crippen LogP contribution in [0.15, 0.2) is 48.5 Å². The molecule has 2 aromatic carbocycles. The second kappa shape index (κ2) is 9.54. The second-order valence-corrected chi connectivity index (χ2v) is 8.58. The quantitative estimate of drug-likeness (QED) is 0.450. The van der Waals surface area contributed by atoms with Crippen molar-refractivity contribution < 1.29 is 9.13 Å². The molecule has 2 N–H and O–H groups in total. The lowest BCUT2D eigenvalue weighted by atomic mass is 10.1. The van der Waals surface area contributed by atoms with Gasteiger partial charge in [0.2, 0.25) is 5.95 Å². The van der Waals surface area contributed by atoms with Gasteiger partial charge in [-0.2, -0.15) is 4.98 Å². The molecule has 0 spiro atoms. The number of anilines is 2. The van der Waals surface area contributed by atoms with E-state index in [9.17, 15) is 4.39 Å². The summed E-state index contributed by atoms with van der Waals surface area (Å²) >= 11 is 6.04. The first kappa shape index (κ1) is 22.5. The van der Waals surface area contributed by atoms with Crippen LogP contribution in [0.4, 0.5) is 16.2 Å². The van der Waals surface area contributed by atoms with E-state index in [2.05, 4.69) is 14.9 Å². The topological polar surface area (TPSA) is 85.3 Å². The SMILES string of the molecule is COCCN1CCN(c2nc(-c3ccccc3F)c3c(N)n(-c4ccc(Cl)cc4)nc3n2)CC1. The van der Waals surface area contributed by atoms with Gasteiger partial charge >= 0.3 is 0 Å². The zero-order valence-corrected chi connectivity index (χ0v) is 19.5. The Morgan fingerprint density at radius 1 is 1.03 bits per heavy atom. The summed E-state index contributed by atoms with van der Waals surface area (Å²) in [5, 5.41) is 5.79. The van der Waals surface area contributed by atoms with Gasteiger partial charge in [0.25, 0.3) is 0 Å². The standard InChI is InChI=1S/C24H25ClFN7O/c1-34-15-14-31-10-12-32(13-11-31)24-28-21(18-4-2-3-5-19(18)26)20-22(27)33(30-23(20)29-24)17-8-6-16(25)7-9-17/h2-9H,10-15,27H2,1H3.